The van der Waals surface area contributed by atoms with Crippen molar-refractivity contribution in [2.45, 2.75) is 75.2 Å². The first kappa shape index (κ1) is 24.0. The summed E-state index contributed by atoms with van der Waals surface area (Å²) in [6, 6.07) is 8.66. The summed E-state index contributed by atoms with van der Waals surface area (Å²) in [5.41, 5.74) is 4.08. The average molecular weight is 281 g/mol. The minimum atomic E-state index is 0. The van der Waals surface area contributed by atoms with E-state index in [-0.39, 0.29) is 16.3 Å². The maximum Gasteiger partial charge on any atom is 0 e. The van der Waals surface area contributed by atoms with E-state index in [2.05, 4.69) is 65.5 Å². The number of hydrogen-bond acceptors (Lipinski definition) is 0. The number of rotatable bonds is 5. The van der Waals surface area contributed by atoms with Crippen LogP contribution in [-0.2, 0) is 6.42 Å². The molecule has 0 aliphatic heterocycles. The molecule has 20 heavy (non-hydrogen) atoms. The molecule has 0 unspecified atom stereocenters. The highest BCUT2D eigenvalue weighted by molar-refractivity contribution is 5.20. The molecule has 0 bridgehead atoms. The van der Waals surface area contributed by atoms with E-state index >= 15 is 0 Å². The van der Waals surface area contributed by atoms with Crippen LogP contribution in [0.3, 0.4) is 0 Å². The van der Waals surface area contributed by atoms with Gasteiger partial charge >= 0.3 is 0 Å². The maximum absolute atomic E-state index is 3.91. The Morgan fingerprint density at radius 1 is 1.15 bits per heavy atom. The van der Waals surface area contributed by atoms with Gasteiger partial charge in [-0.3, -0.25) is 0 Å². The summed E-state index contributed by atoms with van der Waals surface area (Å²) in [5.74, 6) is 0.727. The van der Waals surface area contributed by atoms with Gasteiger partial charge in [-0.2, -0.15) is 0 Å². The van der Waals surface area contributed by atoms with Crippen LogP contribution in [0.2, 0.25) is 0 Å². The summed E-state index contributed by atoms with van der Waals surface area (Å²) in [4.78, 5) is 0. The monoisotopic (exact) mass is 280 g/mol. The van der Waals surface area contributed by atoms with Crippen molar-refractivity contribution in [2.24, 2.45) is 5.92 Å². The van der Waals surface area contributed by atoms with Gasteiger partial charge in [-0.1, -0.05) is 90.4 Å². The molecule has 0 saturated heterocycles. The molecule has 1 aromatic rings. The molecule has 0 fully saturated rings. The lowest BCUT2D eigenvalue weighted by Crippen LogP contribution is -1.93. The fourth-order valence-corrected chi connectivity index (χ4v) is 1.58. The summed E-state index contributed by atoms with van der Waals surface area (Å²) in [5, 5.41) is 0. The first-order valence-corrected chi connectivity index (χ1v) is 7.22. The Kier molecular flexibility index (Phi) is 17.3. The van der Waals surface area contributed by atoms with Crippen LogP contribution in [-0.4, -0.2) is 0 Å². The molecule has 0 aromatic heterocycles. The SMILES string of the molecule is C.C.C=C(C)[C@@H](C)CCCC.CCc1ccc(C)cc1.[HH]. The topological polar surface area (TPSA) is 0 Å². The summed E-state index contributed by atoms with van der Waals surface area (Å²) >= 11 is 0. The highest BCUT2D eigenvalue weighted by atomic mass is 14.0. The second kappa shape index (κ2) is 14.4. The summed E-state index contributed by atoms with van der Waals surface area (Å²) in [6.45, 7) is 14.8. The molecule has 0 heteroatoms. The van der Waals surface area contributed by atoms with E-state index in [1.165, 1.54) is 36.0 Å². The van der Waals surface area contributed by atoms with Crippen LogP contribution in [0.1, 0.15) is 74.4 Å². The van der Waals surface area contributed by atoms with Crippen LogP contribution >= 0.6 is 0 Å². The maximum atomic E-state index is 3.91. The molecule has 0 spiro atoms. The first-order chi connectivity index (χ1) is 8.51. The van der Waals surface area contributed by atoms with Crippen LogP contribution in [0.15, 0.2) is 36.4 Å². The van der Waals surface area contributed by atoms with E-state index in [1.807, 2.05) is 0 Å². The van der Waals surface area contributed by atoms with Gasteiger partial charge in [0.15, 0.2) is 0 Å². The molecule has 120 valence electrons. The van der Waals surface area contributed by atoms with Gasteiger partial charge in [0.05, 0.1) is 0 Å². The van der Waals surface area contributed by atoms with Gasteiger partial charge in [-0.15, -0.1) is 0 Å². The molecule has 0 nitrogen and oxygen atoms in total. The van der Waals surface area contributed by atoms with Gasteiger partial charge in [-0.05, 0) is 38.2 Å². The van der Waals surface area contributed by atoms with Gasteiger partial charge in [0, 0.05) is 1.43 Å². The Morgan fingerprint density at radius 2 is 1.65 bits per heavy atom. The van der Waals surface area contributed by atoms with Crippen molar-refractivity contribution in [3.63, 3.8) is 0 Å². The van der Waals surface area contributed by atoms with Crippen LogP contribution in [0.25, 0.3) is 0 Å². The molecule has 0 N–H and O–H groups in total. The van der Waals surface area contributed by atoms with Crippen molar-refractivity contribution < 1.29 is 1.43 Å². The second-order valence-electron chi connectivity index (χ2n) is 5.23. The van der Waals surface area contributed by atoms with Crippen molar-refractivity contribution >= 4 is 0 Å². The second-order valence-corrected chi connectivity index (χ2v) is 5.23. The lowest BCUT2D eigenvalue weighted by atomic mass is 9.98. The minimum absolute atomic E-state index is 0. The summed E-state index contributed by atoms with van der Waals surface area (Å²) < 4.78 is 0. The minimum Gasteiger partial charge on any atom is -0.0999 e. The Labute approximate surface area is 130 Å². The molecule has 0 aliphatic rings. The Bertz CT molecular complexity index is 324. The van der Waals surface area contributed by atoms with Crippen LogP contribution in [0.5, 0.6) is 0 Å². The van der Waals surface area contributed by atoms with Crippen molar-refractivity contribution in [3.8, 4) is 0 Å². The normalized spacial score (nSPS) is 10.2. The largest absolute Gasteiger partial charge is 0.0999 e. The van der Waals surface area contributed by atoms with Crippen LogP contribution in [0, 0.1) is 12.8 Å². The van der Waals surface area contributed by atoms with Gasteiger partial charge in [0.1, 0.15) is 0 Å². The average Bonchev–Trinajstić information content (AvgIpc) is 2.37. The van der Waals surface area contributed by atoms with Crippen LogP contribution < -0.4 is 0 Å². The van der Waals surface area contributed by atoms with E-state index in [0.29, 0.717) is 0 Å². The lowest BCUT2D eigenvalue weighted by molar-refractivity contribution is 0.573. The molecule has 0 amide bonds. The molecular formula is C20H40. The van der Waals surface area contributed by atoms with E-state index in [4.69, 9.17) is 0 Å². The third-order valence-corrected chi connectivity index (χ3v) is 3.36. The quantitative estimate of drug-likeness (QED) is 0.491. The molecular weight excluding hydrogens is 240 g/mol. The number of aryl methyl sites for hydroxylation is 2. The Morgan fingerprint density at radius 3 is 2.00 bits per heavy atom. The molecule has 0 saturated carbocycles. The smallest absolute Gasteiger partial charge is 0 e. The first-order valence-electron chi connectivity index (χ1n) is 7.22. The standard InChI is InChI=1S/C9H12.C9H18.2CH4.H2/c1-3-9-6-4-8(2)5-7-9;1-5-6-7-9(4)8(2)3;;;/h4-7H,3H2,1-2H3;9H,2,5-7H2,1,3-4H3;2*1H4;1H/t;9-;;;/m.0.../s1. The third kappa shape index (κ3) is 12.0. The van der Waals surface area contributed by atoms with E-state index in [9.17, 15) is 0 Å². The molecule has 0 heterocycles. The van der Waals surface area contributed by atoms with E-state index < -0.39 is 0 Å². The zero-order valence-corrected chi connectivity index (χ0v) is 12.9. The van der Waals surface area contributed by atoms with Crippen LogP contribution in [0.4, 0.5) is 0 Å². The zero-order chi connectivity index (χ0) is 14.0. The Balaban J connectivity index is -0.000000120. The number of unbranched alkanes of at least 4 members (excludes halogenated alkanes) is 1. The van der Waals surface area contributed by atoms with Gasteiger partial charge in [0.2, 0.25) is 0 Å². The zero-order valence-electron chi connectivity index (χ0n) is 12.9. The predicted octanol–water partition coefficient (Wildman–Crippen LogP) is 7.46. The lowest BCUT2D eigenvalue weighted by Gasteiger charge is -2.08. The van der Waals surface area contributed by atoms with Gasteiger partial charge in [-0.25, -0.2) is 0 Å². The van der Waals surface area contributed by atoms with Gasteiger partial charge in [0.25, 0.3) is 0 Å². The molecule has 1 atom stereocenters. The number of hydrogen-bond donors (Lipinski definition) is 0. The van der Waals surface area contributed by atoms with E-state index in [1.54, 1.807) is 0 Å². The third-order valence-electron chi connectivity index (χ3n) is 3.36. The number of allylic oxidation sites excluding steroid dienone is 1. The number of benzene rings is 1. The summed E-state index contributed by atoms with van der Waals surface area (Å²) in [6.07, 6.45) is 5.10. The summed E-state index contributed by atoms with van der Waals surface area (Å²) in [7, 11) is 0. The van der Waals surface area contributed by atoms with Crippen molar-refractivity contribution in [1.82, 2.24) is 0 Å². The fraction of sp³-hybridized carbons (Fsp3) is 0.600. The van der Waals surface area contributed by atoms with Gasteiger partial charge < -0.3 is 0 Å². The molecule has 1 aromatic carbocycles. The molecule has 0 aliphatic carbocycles. The fourth-order valence-electron chi connectivity index (χ4n) is 1.58. The van der Waals surface area contributed by atoms with Crippen molar-refractivity contribution in [1.29, 1.82) is 0 Å². The van der Waals surface area contributed by atoms with Crippen molar-refractivity contribution in [2.75, 3.05) is 0 Å². The Hall–Kier alpha value is -1.04. The predicted molar refractivity (Wildman–Crippen MR) is 99.6 cm³/mol. The highest BCUT2D eigenvalue weighted by Crippen LogP contribution is 2.14. The van der Waals surface area contributed by atoms with E-state index in [0.717, 1.165) is 12.3 Å². The molecule has 0 radical (unpaired) electrons. The highest BCUT2D eigenvalue weighted by Gasteiger charge is 1.99. The molecule has 1 rings (SSSR count). The van der Waals surface area contributed by atoms with Crippen molar-refractivity contribution in [3.05, 3.63) is 47.5 Å².